The summed E-state index contributed by atoms with van der Waals surface area (Å²) < 4.78 is 2.05. The first-order chi connectivity index (χ1) is 13.7. The molecule has 29 heavy (non-hydrogen) atoms. The Bertz CT molecular complexity index is 1030. The molecule has 3 N–H and O–H groups in total. The number of likely N-dealkylation sites (N-methyl/N-ethyl adjacent to an activating group) is 1. The lowest BCUT2D eigenvalue weighted by molar-refractivity contribution is 0.104. The van der Waals surface area contributed by atoms with Gasteiger partial charge in [-0.05, 0) is 25.2 Å². The van der Waals surface area contributed by atoms with Crippen molar-refractivity contribution < 1.29 is 4.79 Å². The van der Waals surface area contributed by atoms with Crippen LogP contribution in [0.5, 0.6) is 0 Å². The summed E-state index contributed by atoms with van der Waals surface area (Å²) in [4.78, 5) is 15.7. The molecule has 1 aliphatic rings. The van der Waals surface area contributed by atoms with Gasteiger partial charge in [-0.1, -0.05) is 38.1 Å². The number of hydrogen-bond acceptors (Lipinski definition) is 5. The van der Waals surface area contributed by atoms with Crippen molar-refractivity contribution in [1.82, 2.24) is 14.7 Å². The fourth-order valence-corrected chi connectivity index (χ4v) is 4.02. The topological polar surface area (TPSA) is 76.2 Å². The van der Waals surface area contributed by atoms with Gasteiger partial charge in [0.05, 0.1) is 17.6 Å². The second kappa shape index (κ2) is 8.95. The minimum Gasteiger partial charge on any atom is -0.383 e. The number of benzene rings is 2. The van der Waals surface area contributed by atoms with E-state index in [4.69, 9.17) is 10.8 Å². The number of aromatic nitrogens is 2. The molecule has 3 aromatic rings. The molecule has 2 aromatic carbocycles. The summed E-state index contributed by atoms with van der Waals surface area (Å²) in [5.74, 6) is 0.0523. The van der Waals surface area contributed by atoms with Gasteiger partial charge in [-0.3, -0.25) is 9.48 Å². The number of carbonyl (C=O) groups is 1. The molecule has 154 valence electrons. The molecule has 0 amide bonds. The first kappa shape index (κ1) is 21.3. The Balaban J connectivity index is 0.00000240. The van der Waals surface area contributed by atoms with Crippen LogP contribution in [0.1, 0.15) is 29.8 Å². The number of rotatable bonds is 8. The van der Waals surface area contributed by atoms with Gasteiger partial charge in [0, 0.05) is 41.8 Å². The molecule has 6 nitrogen and oxygen atoms in total. The predicted octanol–water partition coefficient (Wildman–Crippen LogP) is 3.38. The van der Waals surface area contributed by atoms with E-state index in [-0.39, 0.29) is 18.2 Å². The van der Waals surface area contributed by atoms with Gasteiger partial charge in [0.15, 0.2) is 5.78 Å². The van der Waals surface area contributed by atoms with Gasteiger partial charge in [-0.15, -0.1) is 12.4 Å². The minimum absolute atomic E-state index is 0. The third-order valence-electron chi connectivity index (χ3n) is 5.56. The van der Waals surface area contributed by atoms with Crippen molar-refractivity contribution in [2.24, 2.45) is 5.73 Å². The van der Waals surface area contributed by atoms with Crippen molar-refractivity contribution in [2.45, 2.75) is 20.4 Å². The number of fused-ring (bicyclic) bond motifs is 2. The summed E-state index contributed by atoms with van der Waals surface area (Å²) in [6, 6.07) is 11.8. The van der Waals surface area contributed by atoms with Crippen molar-refractivity contribution in [1.29, 1.82) is 0 Å². The van der Waals surface area contributed by atoms with Crippen LogP contribution < -0.4 is 11.1 Å². The van der Waals surface area contributed by atoms with Crippen LogP contribution in [-0.4, -0.2) is 53.2 Å². The highest BCUT2D eigenvalue weighted by Gasteiger charge is 2.30. The molecule has 7 heteroatoms. The van der Waals surface area contributed by atoms with Crippen LogP contribution in [0.25, 0.3) is 22.2 Å². The van der Waals surface area contributed by atoms with E-state index in [1.807, 2.05) is 30.3 Å². The van der Waals surface area contributed by atoms with E-state index in [1.165, 1.54) is 0 Å². The summed E-state index contributed by atoms with van der Waals surface area (Å²) in [5.41, 5.74) is 10.8. The van der Waals surface area contributed by atoms with Gasteiger partial charge in [-0.25, -0.2) is 0 Å². The minimum atomic E-state index is 0. The van der Waals surface area contributed by atoms with Crippen LogP contribution >= 0.6 is 12.4 Å². The van der Waals surface area contributed by atoms with Crippen molar-refractivity contribution in [3.63, 3.8) is 0 Å². The summed E-state index contributed by atoms with van der Waals surface area (Å²) >= 11 is 0. The third-order valence-corrected chi connectivity index (χ3v) is 5.56. The molecule has 0 fully saturated rings. The molecule has 0 spiro atoms. The standard InChI is InChI=1S/C22H27N5O.ClH/c1-3-26(4-2)13-14-27-18-10-9-17(24-12-11-23)19-20(18)21(25-27)15-7-5-6-8-16(15)22(19)28;/h5-10,24H,3-4,11-14,23H2,1-2H3;1H. The van der Waals surface area contributed by atoms with E-state index in [0.717, 1.165) is 54.0 Å². The molecule has 0 unspecified atom stereocenters. The maximum atomic E-state index is 13.3. The number of nitrogens with one attached hydrogen (secondary N) is 1. The maximum Gasteiger partial charge on any atom is 0.196 e. The molecule has 0 atom stereocenters. The van der Waals surface area contributed by atoms with E-state index < -0.39 is 0 Å². The van der Waals surface area contributed by atoms with Gasteiger partial charge in [0.2, 0.25) is 0 Å². The van der Waals surface area contributed by atoms with Gasteiger partial charge in [0.1, 0.15) is 5.69 Å². The van der Waals surface area contributed by atoms with Crippen LogP contribution in [0.4, 0.5) is 5.69 Å². The number of hydrogen-bond donors (Lipinski definition) is 2. The summed E-state index contributed by atoms with van der Waals surface area (Å²) in [5, 5.41) is 9.21. The molecule has 0 saturated heterocycles. The second-order valence-corrected chi connectivity index (χ2v) is 7.07. The number of anilines is 1. The molecule has 0 radical (unpaired) electrons. The fourth-order valence-electron chi connectivity index (χ4n) is 4.02. The normalized spacial score (nSPS) is 12.2. The summed E-state index contributed by atoms with van der Waals surface area (Å²) in [6.45, 7) is 9.24. The van der Waals surface area contributed by atoms with Crippen LogP contribution in [0.3, 0.4) is 0 Å². The van der Waals surface area contributed by atoms with E-state index in [1.54, 1.807) is 0 Å². The molecule has 1 aromatic heterocycles. The lowest BCUT2D eigenvalue weighted by Crippen LogP contribution is -2.27. The number of carbonyl (C=O) groups excluding carboxylic acids is 1. The Morgan fingerprint density at radius 1 is 1.10 bits per heavy atom. The van der Waals surface area contributed by atoms with Crippen LogP contribution in [0, 0.1) is 0 Å². The third kappa shape index (κ3) is 3.64. The largest absolute Gasteiger partial charge is 0.383 e. The Kier molecular flexibility index (Phi) is 6.57. The average molecular weight is 414 g/mol. The summed E-state index contributed by atoms with van der Waals surface area (Å²) in [7, 11) is 0. The summed E-state index contributed by atoms with van der Waals surface area (Å²) in [6.07, 6.45) is 0. The van der Waals surface area contributed by atoms with Gasteiger partial charge in [-0.2, -0.15) is 5.10 Å². The van der Waals surface area contributed by atoms with Crippen LogP contribution in [0.2, 0.25) is 0 Å². The molecule has 1 aliphatic carbocycles. The highest BCUT2D eigenvalue weighted by atomic mass is 35.5. The van der Waals surface area contributed by atoms with E-state index >= 15 is 0 Å². The molecular formula is C22H28ClN5O. The lowest BCUT2D eigenvalue weighted by Gasteiger charge is -2.19. The monoisotopic (exact) mass is 413 g/mol. The molecule has 4 rings (SSSR count). The smallest absolute Gasteiger partial charge is 0.196 e. The first-order valence-corrected chi connectivity index (χ1v) is 10.0. The zero-order valence-corrected chi connectivity index (χ0v) is 17.8. The Labute approximate surface area is 177 Å². The zero-order valence-electron chi connectivity index (χ0n) is 16.9. The molecule has 0 aliphatic heterocycles. The van der Waals surface area contributed by atoms with Crippen LogP contribution in [0.15, 0.2) is 36.4 Å². The number of nitrogens with two attached hydrogens (primary N) is 1. The fraction of sp³-hybridized carbons (Fsp3) is 0.364. The van der Waals surface area contributed by atoms with Crippen molar-refractivity contribution in [3.05, 3.63) is 47.5 Å². The first-order valence-electron chi connectivity index (χ1n) is 10.0. The van der Waals surface area contributed by atoms with Crippen LogP contribution in [-0.2, 0) is 6.54 Å². The Hall–Kier alpha value is -2.41. The SMILES string of the molecule is CCN(CC)CCn1nc2c3c(c(NCCN)ccc31)C(=O)c1ccccc1-2.Cl. The number of nitrogens with zero attached hydrogens (tertiary/aromatic N) is 3. The average Bonchev–Trinajstić information content (AvgIpc) is 3.10. The highest BCUT2D eigenvalue weighted by Crippen LogP contribution is 2.41. The number of ketones is 1. The molecule has 0 bridgehead atoms. The second-order valence-electron chi connectivity index (χ2n) is 7.07. The van der Waals surface area contributed by atoms with E-state index in [9.17, 15) is 4.79 Å². The molecule has 1 heterocycles. The van der Waals surface area contributed by atoms with E-state index in [0.29, 0.717) is 24.2 Å². The van der Waals surface area contributed by atoms with Crippen molar-refractivity contribution in [2.75, 3.05) is 38.0 Å². The van der Waals surface area contributed by atoms with E-state index in [2.05, 4.69) is 34.8 Å². The maximum absolute atomic E-state index is 13.3. The van der Waals surface area contributed by atoms with Gasteiger partial charge >= 0.3 is 0 Å². The molecule has 0 saturated carbocycles. The Morgan fingerprint density at radius 3 is 2.52 bits per heavy atom. The zero-order chi connectivity index (χ0) is 19.7. The lowest BCUT2D eigenvalue weighted by atomic mass is 9.86. The quantitative estimate of drug-likeness (QED) is 0.463. The van der Waals surface area contributed by atoms with Crippen molar-refractivity contribution in [3.8, 4) is 11.3 Å². The highest BCUT2D eigenvalue weighted by molar-refractivity contribution is 6.27. The predicted molar refractivity (Wildman–Crippen MR) is 121 cm³/mol. The number of halogens is 1. The molecular weight excluding hydrogens is 386 g/mol. The Morgan fingerprint density at radius 2 is 1.83 bits per heavy atom. The van der Waals surface area contributed by atoms with Gasteiger partial charge < -0.3 is 16.0 Å². The van der Waals surface area contributed by atoms with Crippen molar-refractivity contribution >= 4 is 34.8 Å². The van der Waals surface area contributed by atoms with Gasteiger partial charge in [0.25, 0.3) is 0 Å².